The van der Waals surface area contributed by atoms with Crippen LogP contribution in [-0.2, 0) is 19.7 Å². The summed E-state index contributed by atoms with van der Waals surface area (Å²) in [5.41, 5.74) is 0.360. The van der Waals surface area contributed by atoms with E-state index in [2.05, 4.69) is 31.2 Å². The number of fused-ring (bicyclic) bond motifs is 1. The predicted molar refractivity (Wildman–Crippen MR) is 107 cm³/mol. The van der Waals surface area contributed by atoms with Crippen LogP contribution in [-0.4, -0.2) is 25.8 Å². The first-order valence-corrected chi connectivity index (χ1v) is 9.75. The van der Waals surface area contributed by atoms with Crippen LogP contribution in [0.15, 0.2) is 42.5 Å². The van der Waals surface area contributed by atoms with Crippen molar-refractivity contribution in [2.75, 3.05) is 13.7 Å². The Morgan fingerprint density at radius 2 is 1.81 bits per heavy atom. The predicted octanol–water partition coefficient (Wildman–Crippen LogP) is 5.65. The van der Waals surface area contributed by atoms with Gasteiger partial charge in [-0.1, -0.05) is 62.2 Å². The van der Waals surface area contributed by atoms with Crippen LogP contribution in [0.25, 0.3) is 10.8 Å². The van der Waals surface area contributed by atoms with E-state index in [9.17, 15) is 4.79 Å². The van der Waals surface area contributed by atoms with Gasteiger partial charge in [-0.2, -0.15) is 0 Å². The summed E-state index contributed by atoms with van der Waals surface area (Å²) in [5, 5.41) is 2.27. The summed E-state index contributed by atoms with van der Waals surface area (Å²) in [6, 6.07) is 14.4. The van der Waals surface area contributed by atoms with Crippen LogP contribution in [0, 0.1) is 0 Å². The Morgan fingerprint density at radius 1 is 1.08 bits per heavy atom. The minimum Gasteiger partial charge on any atom is -0.465 e. The number of rotatable bonds is 10. The summed E-state index contributed by atoms with van der Waals surface area (Å²) in [6.07, 6.45) is 5.05. The van der Waals surface area contributed by atoms with Crippen LogP contribution in [0.1, 0.15) is 58.4 Å². The van der Waals surface area contributed by atoms with Crippen molar-refractivity contribution in [3.63, 3.8) is 0 Å². The molecule has 0 aliphatic rings. The molecule has 2 rings (SSSR count). The molecule has 2 aromatic carbocycles. The number of esters is 1. The van der Waals surface area contributed by atoms with E-state index in [-0.39, 0.29) is 12.1 Å². The number of hydrogen-bond donors (Lipinski definition) is 0. The molecule has 0 heterocycles. The van der Waals surface area contributed by atoms with Gasteiger partial charge in [0.2, 0.25) is 0 Å². The molecular formula is C23H32O3. The maximum absolute atomic E-state index is 13.0. The zero-order valence-corrected chi connectivity index (χ0v) is 16.6. The minimum absolute atomic E-state index is 0.151. The van der Waals surface area contributed by atoms with E-state index in [0.717, 1.165) is 42.0 Å². The SMILES string of the molecule is CCCCC(CCC(C)(C(=O)OCC)c1cccc2ccccc12)OC. The van der Waals surface area contributed by atoms with Gasteiger partial charge in [0.05, 0.1) is 18.1 Å². The quantitative estimate of drug-likeness (QED) is 0.516. The molecule has 0 aromatic heterocycles. The van der Waals surface area contributed by atoms with Crippen LogP contribution >= 0.6 is 0 Å². The summed E-state index contributed by atoms with van der Waals surface area (Å²) < 4.78 is 11.1. The lowest BCUT2D eigenvalue weighted by Crippen LogP contribution is -2.36. The second kappa shape index (κ2) is 9.72. The van der Waals surface area contributed by atoms with Crippen molar-refractivity contribution in [3.05, 3.63) is 48.0 Å². The first kappa shape index (κ1) is 20.4. The van der Waals surface area contributed by atoms with Gasteiger partial charge in [-0.15, -0.1) is 0 Å². The molecule has 142 valence electrons. The molecule has 2 atom stereocenters. The Hall–Kier alpha value is -1.87. The normalized spacial score (nSPS) is 14.8. The van der Waals surface area contributed by atoms with Crippen LogP contribution in [0.4, 0.5) is 0 Å². The highest BCUT2D eigenvalue weighted by Crippen LogP contribution is 2.36. The third-order valence-corrected chi connectivity index (χ3v) is 5.29. The van der Waals surface area contributed by atoms with Crippen molar-refractivity contribution < 1.29 is 14.3 Å². The van der Waals surface area contributed by atoms with E-state index in [0.29, 0.717) is 13.0 Å². The van der Waals surface area contributed by atoms with Gasteiger partial charge in [-0.3, -0.25) is 4.79 Å². The standard InChI is InChI=1S/C23H32O3/c1-5-7-13-19(25-4)16-17-23(3,22(24)26-6-2)21-15-10-12-18-11-8-9-14-20(18)21/h8-12,14-15,19H,5-7,13,16-17H2,1-4H3. The minimum atomic E-state index is -0.681. The number of carbonyl (C=O) groups is 1. The lowest BCUT2D eigenvalue weighted by atomic mass is 9.75. The molecule has 0 saturated heterocycles. The van der Waals surface area contributed by atoms with Crippen molar-refractivity contribution >= 4 is 16.7 Å². The molecule has 2 aromatic rings. The van der Waals surface area contributed by atoms with E-state index in [4.69, 9.17) is 9.47 Å². The van der Waals surface area contributed by atoms with Crippen molar-refractivity contribution in [3.8, 4) is 0 Å². The topological polar surface area (TPSA) is 35.5 Å². The lowest BCUT2D eigenvalue weighted by molar-refractivity contribution is -0.150. The van der Waals surface area contributed by atoms with Crippen LogP contribution in [0.3, 0.4) is 0 Å². The van der Waals surface area contributed by atoms with Gasteiger partial charge >= 0.3 is 5.97 Å². The second-order valence-electron chi connectivity index (χ2n) is 7.12. The number of benzene rings is 2. The smallest absolute Gasteiger partial charge is 0.316 e. The van der Waals surface area contributed by atoms with Gasteiger partial charge < -0.3 is 9.47 Å². The summed E-state index contributed by atoms with van der Waals surface area (Å²) in [6.45, 7) is 6.45. The highest BCUT2D eigenvalue weighted by molar-refractivity contribution is 5.93. The highest BCUT2D eigenvalue weighted by atomic mass is 16.5. The number of carbonyl (C=O) groups excluding carboxylic acids is 1. The average molecular weight is 357 g/mol. The fourth-order valence-electron chi connectivity index (χ4n) is 3.61. The summed E-state index contributed by atoms with van der Waals surface area (Å²) >= 11 is 0. The Kier molecular flexibility index (Phi) is 7.65. The molecule has 0 bridgehead atoms. The molecule has 0 N–H and O–H groups in total. The third-order valence-electron chi connectivity index (χ3n) is 5.29. The molecule has 26 heavy (non-hydrogen) atoms. The number of hydrogen-bond acceptors (Lipinski definition) is 3. The van der Waals surface area contributed by atoms with E-state index < -0.39 is 5.41 Å². The summed E-state index contributed by atoms with van der Waals surface area (Å²) in [5.74, 6) is -0.151. The zero-order chi connectivity index (χ0) is 19.0. The number of ether oxygens (including phenoxy) is 2. The summed E-state index contributed by atoms with van der Waals surface area (Å²) in [4.78, 5) is 13.0. The Balaban J connectivity index is 2.36. The van der Waals surface area contributed by atoms with Crippen LogP contribution in [0.5, 0.6) is 0 Å². The van der Waals surface area contributed by atoms with Crippen molar-refractivity contribution in [2.24, 2.45) is 0 Å². The largest absolute Gasteiger partial charge is 0.465 e. The van der Waals surface area contributed by atoms with E-state index >= 15 is 0 Å². The highest BCUT2D eigenvalue weighted by Gasteiger charge is 2.38. The van der Waals surface area contributed by atoms with Gasteiger partial charge in [-0.25, -0.2) is 0 Å². The lowest BCUT2D eigenvalue weighted by Gasteiger charge is -2.30. The molecule has 0 spiro atoms. The molecule has 0 aliphatic heterocycles. The number of methoxy groups -OCH3 is 1. The fraction of sp³-hybridized carbons (Fsp3) is 0.522. The van der Waals surface area contributed by atoms with Crippen molar-refractivity contribution in [2.45, 2.75) is 64.4 Å². The monoisotopic (exact) mass is 356 g/mol. The molecule has 3 nitrogen and oxygen atoms in total. The first-order chi connectivity index (χ1) is 12.6. The Labute approximate surface area is 157 Å². The van der Waals surface area contributed by atoms with Gasteiger partial charge in [0, 0.05) is 7.11 Å². The first-order valence-electron chi connectivity index (χ1n) is 9.75. The fourth-order valence-corrected chi connectivity index (χ4v) is 3.61. The third kappa shape index (κ3) is 4.64. The summed E-state index contributed by atoms with van der Waals surface area (Å²) in [7, 11) is 1.76. The molecule has 0 fully saturated rings. The maximum atomic E-state index is 13.0. The van der Waals surface area contributed by atoms with Crippen LogP contribution < -0.4 is 0 Å². The molecule has 0 amide bonds. The zero-order valence-electron chi connectivity index (χ0n) is 16.6. The van der Waals surface area contributed by atoms with Gasteiger partial charge in [0.15, 0.2) is 0 Å². The second-order valence-corrected chi connectivity index (χ2v) is 7.12. The molecule has 0 aliphatic carbocycles. The van der Waals surface area contributed by atoms with Crippen LogP contribution in [0.2, 0.25) is 0 Å². The van der Waals surface area contributed by atoms with E-state index in [1.807, 2.05) is 32.0 Å². The number of unbranched alkanes of at least 4 members (excludes halogenated alkanes) is 1. The van der Waals surface area contributed by atoms with E-state index in [1.54, 1.807) is 7.11 Å². The molecular weight excluding hydrogens is 324 g/mol. The average Bonchev–Trinajstić information content (AvgIpc) is 2.67. The van der Waals surface area contributed by atoms with Crippen molar-refractivity contribution in [1.29, 1.82) is 0 Å². The Morgan fingerprint density at radius 3 is 2.50 bits per heavy atom. The van der Waals surface area contributed by atoms with Gasteiger partial charge in [0.1, 0.15) is 0 Å². The molecule has 2 unspecified atom stereocenters. The van der Waals surface area contributed by atoms with E-state index in [1.165, 1.54) is 0 Å². The molecule has 0 saturated carbocycles. The van der Waals surface area contributed by atoms with Crippen molar-refractivity contribution in [1.82, 2.24) is 0 Å². The van der Waals surface area contributed by atoms with Gasteiger partial charge in [-0.05, 0) is 49.4 Å². The van der Waals surface area contributed by atoms with Gasteiger partial charge in [0.25, 0.3) is 0 Å². The molecule has 0 radical (unpaired) electrons. The Bertz CT molecular complexity index is 704. The molecule has 3 heteroatoms. The maximum Gasteiger partial charge on any atom is 0.316 e.